The number of ether oxygens (including phenoxy) is 2. The highest BCUT2D eigenvalue weighted by molar-refractivity contribution is 5.91. The summed E-state index contributed by atoms with van der Waals surface area (Å²) in [4.78, 5) is 11.8. The molecule has 1 aromatic rings. The largest absolute Gasteiger partial charge is 0.491 e. The summed E-state index contributed by atoms with van der Waals surface area (Å²) in [5, 5.41) is 2.82. The Morgan fingerprint density at radius 1 is 1.25 bits per heavy atom. The second-order valence-corrected chi connectivity index (χ2v) is 5.03. The molecule has 0 radical (unpaired) electrons. The number of rotatable bonds is 8. The lowest BCUT2D eigenvalue weighted by molar-refractivity contribution is -0.116. The number of hydrogen-bond donors (Lipinski definition) is 2. The van der Waals surface area contributed by atoms with Crippen molar-refractivity contribution in [2.75, 3.05) is 25.6 Å². The standard InChI is InChI=1S/C15H24N2O3/c1-11(2)14(16)10-15(18)17-12-4-6-13(7-5-12)20-9-8-19-3/h4-7,11,14H,8-10,16H2,1-3H3,(H,17,18). The van der Waals surface area contributed by atoms with Crippen LogP contribution in [0.4, 0.5) is 5.69 Å². The normalized spacial score (nSPS) is 12.2. The van der Waals surface area contributed by atoms with E-state index in [1.165, 1.54) is 0 Å². The Morgan fingerprint density at radius 3 is 2.45 bits per heavy atom. The maximum Gasteiger partial charge on any atom is 0.225 e. The number of carbonyl (C=O) groups excluding carboxylic acids is 1. The van der Waals surface area contributed by atoms with Gasteiger partial charge in [0.15, 0.2) is 0 Å². The summed E-state index contributed by atoms with van der Waals surface area (Å²) in [6, 6.07) is 7.12. The Morgan fingerprint density at radius 2 is 1.90 bits per heavy atom. The predicted molar refractivity (Wildman–Crippen MR) is 79.9 cm³/mol. The van der Waals surface area contributed by atoms with Crippen LogP contribution in [0.2, 0.25) is 0 Å². The van der Waals surface area contributed by atoms with Crippen LogP contribution in [0.5, 0.6) is 5.75 Å². The number of anilines is 1. The maximum atomic E-state index is 11.8. The number of benzene rings is 1. The highest BCUT2D eigenvalue weighted by atomic mass is 16.5. The third kappa shape index (κ3) is 6.04. The van der Waals surface area contributed by atoms with Gasteiger partial charge in [-0.1, -0.05) is 13.8 Å². The summed E-state index contributed by atoms with van der Waals surface area (Å²) < 4.78 is 10.3. The predicted octanol–water partition coefficient (Wildman–Crippen LogP) is 2.02. The zero-order chi connectivity index (χ0) is 15.0. The molecule has 0 aliphatic rings. The van der Waals surface area contributed by atoms with Crippen LogP contribution in [0.1, 0.15) is 20.3 Å². The minimum Gasteiger partial charge on any atom is -0.491 e. The first-order valence-electron chi connectivity index (χ1n) is 6.80. The molecule has 0 heterocycles. The molecule has 0 spiro atoms. The topological polar surface area (TPSA) is 73.6 Å². The van der Waals surface area contributed by atoms with Crippen molar-refractivity contribution in [3.05, 3.63) is 24.3 Å². The third-order valence-electron chi connectivity index (χ3n) is 2.97. The summed E-state index contributed by atoms with van der Waals surface area (Å²) in [5.41, 5.74) is 6.61. The van der Waals surface area contributed by atoms with Gasteiger partial charge in [0.05, 0.1) is 6.61 Å². The second kappa shape index (κ2) is 8.55. The molecule has 3 N–H and O–H groups in total. The van der Waals surface area contributed by atoms with Gasteiger partial charge in [-0.3, -0.25) is 4.79 Å². The molecule has 1 atom stereocenters. The molecule has 1 rings (SSSR count). The van der Waals surface area contributed by atoms with E-state index >= 15 is 0 Å². The summed E-state index contributed by atoms with van der Waals surface area (Å²) in [5.74, 6) is 0.968. The van der Waals surface area contributed by atoms with E-state index in [0.29, 0.717) is 19.6 Å². The van der Waals surface area contributed by atoms with Crippen molar-refractivity contribution in [1.82, 2.24) is 0 Å². The molecule has 20 heavy (non-hydrogen) atoms. The number of hydrogen-bond acceptors (Lipinski definition) is 4. The van der Waals surface area contributed by atoms with Gasteiger partial charge in [-0.2, -0.15) is 0 Å². The molecule has 1 amide bonds. The van der Waals surface area contributed by atoms with Crippen molar-refractivity contribution in [2.24, 2.45) is 11.7 Å². The van der Waals surface area contributed by atoms with E-state index in [-0.39, 0.29) is 17.9 Å². The van der Waals surface area contributed by atoms with Crippen LogP contribution in [0.25, 0.3) is 0 Å². The molecule has 0 fully saturated rings. The fourth-order valence-corrected chi connectivity index (χ4v) is 1.54. The van der Waals surface area contributed by atoms with Crippen molar-refractivity contribution in [1.29, 1.82) is 0 Å². The van der Waals surface area contributed by atoms with E-state index in [1.54, 1.807) is 19.2 Å². The Bertz CT molecular complexity index is 404. The minimum absolute atomic E-state index is 0.0701. The van der Waals surface area contributed by atoms with Crippen molar-refractivity contribution in [2.45, 2.75) is 26.3 Å². The van der Waals surface area contributed by atoms with Gasteiger partial charge in [0.2, 0.25) is 5.91 Å². The van der Waals surface area contributed by atoms with Crippen molar-refractivity contribution >= 4 is 11.6 Å². The van der Waals surface area contributed by atoms with Crippen molar-refractivity contribution < 1.29 is 14.3 Å². The fourth-order valence-electron chi connectivity index (χ4n) is 1.54. The van der Waals surface area contributed by atoms with E-state index in [2.05, 4.69) is 5.32 Å². The Kier molecular flexibility index (Phi) is 7.04. The molecule has 5 nitrogen and oxygen atoms in total. The lowest BCUT2D eigenvalue weighted by Crippen LogP contribution is -2.31. The Labute approximate surface area is 120 Å². The van der Waals surface area contributed by atoms with Crippen LogP contribution < -0.4 is 15.8 Å². The maximum absolute atomic E-state index is 11.8. The van der Waals surface area contributed by atoms with Crippen LogP contribution in [-0.2, 0) is 9.53 Å². The summed E-state index contributed by atoms with van der Waals surface area (Å²) in [7, 11) is 1.63. The zero-order valence-corrected chi connectivity index (χ0v) is 12.4. The number of nitrogens with one attached hydrogen (secondary N) is 1. The van der Waals surface area contributed by atoms with E-state index in [4.69, 9.17) is 15.2 Å². The quantitative estimate of drug-likeness (QED) is 0.715. The van der Waals surface area contributed by atoms with Gasteiger partial charge in [-0.25, -0.2) is 0 Å². The molecule has 1 unspecified atom stereocenters. The SMILES string of the molecule is COCCOc1ccc(NC(=O)CC(N)C(C)C)cc1. The van der Waals surface area contributed by atoms with Gasteiger partial charge < -0.3 is 20.5 Å². The van der Waals surface area contributed by atoms with Gasteiger partial charge in [0.1, 0.15) is 12.4 Å². The van der Waals surface area contributed by atoms with Crippen LogP contribution in [0, 0.1) is 5.92 Å². The highest BCUT2D eigenvalue weighted by Crippen LogP contribution is 2.16. The van der Waals surface area contributed by atoms with Crippen LogP contribution >= 0.6 is 0 Å². The molecule has 0 bridgehead atoms. The number of nitrogens with two attached hydrogens (primary N) is 1. The minimum atomic E-state index is -0.119. The molecule has 0 saturated carbocycles. The van der Waals surface area contributed by atoms with Gasteiger partial charge in [-0.15, -0.1) is 0 Å². The lowest BCUT2D eigenvalue weighted by atomic mass is 10.0. The van der Waals surface area contributed by atoms with E-state index < -0.39 is 0 Å². The molecule has 0 aliphatic carbocycles. The highest BCUT2D eigenvalue weighted by Gasteiger charge is 2.12. The molecule has 5 heteroatoms. The fraction of sp³-hybridized carbons (Fsp3) is 0.533. The summed E-state index contributed by atoms with van der Waals surface area (Å²) in [6.07, 6.45) is 0.323. The molecule has 0 aliphatic heterocycles. The van der Waals surface area contributed by atoms with Crippen LogP contribution in [0.3, 0.4) is 0 Å². The lowest BCUT2D eigenvalue weighted by Gasteiger charge is -2.15. The van der Waals surface area contributed by atoms with Crippen LogP contribution in [-0.4, -0.2) is 32.3 Å². The number of methoxy groups -OCH3 is 1. The second-order valence-electron chi connectivity index (χ2n) is 5.03. The summed E-state index contributed by atoms with van der Waals surface area (Å²) >= 11 is 0. The van der Waals surface area contributed by atoms with E-state index in [0.717, 1.165) is 11.4 Å². The smallest absolute Gasteiger partial charge is 0.225 e. The van der Waals surface area contributed by atoms with Gasteiger partial charge in [0.25, 0.3) is 0 Å². The first-order chi connectivity index (χ1) is 9.52. The summed E-state index contributed by atoms with van der Waals surface area (Å²) in [6.45, 7) is 5.06. The first-order valence-corrected chi connectivity index (χ1v) is 6.80. The molecular formula is C15H24N2O3. The molecule has 1 aromatic carbocycles. The van der Waals surface area contributed by atoms with Crippen molar-refractivity contribution in [3.63, 3.8) is 0 Å². The van der Waals surface area contributed by atoms with E-state index in [1.807, 2.05) is 26.0 Å². The van der Waals surface area contributed by atoms with Gasteiger partial charge >= 0.3 is 0 Å². The van der Waals surface area contributed by atoms with Crippen LogP contribution in [0.15, 0.2) is 24.3 Å². The molecular weight excluding hydrogens is 256 g/mol. The number of carbonyl (C=O) groups is 1. The van der Waals surface area contributed by atoms with E-state index in [9.17, 15) is 4.79 Å². The molecule has 0 aromatic heterocycles. The van der Waals surface area contributed by atoms with Gasteiger partial charge in [0, 0.05) is 25.3 Å². The molecule has 112 valence electrons. The monoisotopic (exact) mass is 280 g/mol. The average Bonchev–Trinajstić information content (AvgIpc) is 2.40. The molecule has 0 saturated heterocycles. The first kappa shape index (κ1) is 16.5. The Hall–Kier alpha value is -1.59. The van der Waals surface area contributed by atoms with Crippen molar-refractivity contribution in [3.8, 4) is 5.75 Å². The third-order valence-corrected chi connectivity index (χ3v) is 2.97. The van der Waals surface area contributed by atoms with Gasteiger partial charge in [-0.05, 0) is 30.2 Å². The zero-order valence-electron chi connectivity index (χ0n) is 12.4. The Balaban J connectivity index is 2.42. The number of amides is 1. The average molecular weight is 280 g/mol.